The molecule has 0 atom stereocenters. The highest BCUT2D eigenvalue weighted by Gasteiger charge is 2.41. The summed E-state index contributed by atoms with van der Waals surface area (Å²) in [5.74, 6) is -0.630. The van der Waals surface area contributed by atoms with Crippen LogP contribution in [0.1, 0.15) is 28.9 Å². The molecular weight excluding hydrogens is 331 g/mol. The smallest absolute Gasteiger partial charge is 0.339 e. The normalized spacial score (nSPS) is 15.2. The Kier molecular flexibility index (Phi) is 4.06. The molecule has 8 heteroatoms. The van der Waals surface area contributed by atoms with Crippen molar-refractivity contribution in [3.63, 3.8) is 0 Å². The molecule has 1 saturated heterocycles. The molecule has 1 aromatic carbocycles. The average molecular weight is 344 g/mol. The molecule has 0 unspecified atom stereocenters. The van der Waals surface area contributed by atoms with E-state index in [-0.39, 0.29) is 5.69 Å². The third kappa shape index (κ3) is 3.06. The van der Waals surface area contributed by atoms with Gasteiger partial charge in [0.05, 0.1) is 17.4 Å². The monoisotopic (exact) mass is 343 g/mol. The van der Waals surface area contributed by atoms with Crippen molar-refractivity contribution in [1.29, 1.82) is 0 Å². The van der Waals surface area contributed by atoms with Crippen LogP contribution < -0.4 is 0 Å². The van der Waals surface area contributed by atoms with E-state index in [0.29, 0.717) is 18.1 Å². The summed E-state index contributed by atoms with van der Waals surface area (Å²) in [7, 11) is 0. The number of carbonyl (C=O) groups is 1. The van der Waals surface area contributed by atoms with Gasteiger partial charge in [-0.2, -0.15) is 18.3 Å². The molecule has 23 heavy (non-hydrogen) atoms. The van der Waals surface area contributed by atoms with E-state index >= 15 is 0 Å². The van der Waals surface area contributed by atoms with Gasteiger partial charge in [-0.3, -0.25) is 4.79 Å². The molecule has 1 amide bonds. The number of hydrogen-bond acceptors (Lipinski definition) is 2. The van der Waals surface area contributed by atoms with Crippen molar-refractivity contribution in [1.82, 2.24) is 14.7 Å². The van der Waals surface area contributed by atoms with Crippen LogP contribution in [0.4, 0.5) is 13.2 Å². The van der Waals surface area contributed by atoms with E-state index < -0.39 is 23.3 Å². The summed E-state index contributed by atoms with van der Waals surface area (Å²) in [6.45, 7) is 0.949. The number of aromatic nitrogens is 2. The van der Waals surface area contributed by atoms with Gasteiger partial charge in [0.2, 0.25) is 0 Å². The van der Waals surface area contributed by atoms with Crippen LogP contribution in [0.25, 0.3) is 5.69 Å². The molecule has 2 heterocycles. The largest absolute Gasteiger partial charge is 0.434 e. The Bertz CT molecular complexity index is 719. The fraction of sp³-hybridized carbons (Fsp3) is 0.333. The van der Waals surface area contributed by atoms with Gasteiger partial charge in [0.25, 0.3) is 5.91 Å². The maximum absolute atomic E-state index is 13.5. The molecule has 0 spiro atoms. The van der Waals surface area contributed by atoms with Crippen LogP contribution in [-0.2, 0) is 6.18 Å². The number of hydrogen-bond donors (Lipinski definition) is 0. The topological polar surface area (TPSA) is 38.1 Å². The van der Waals surface area contributed by atoms with Crippen molar-refractivity contribution in [3.8, 4) is 5.69 Å². The lowest BCUT2D eigenvalue weighted by molar-refractivity contribution is -0.143. The maximum atomic E-state index is 13.5. The molecule has 3 rings (SSSR count). The van der Waals surface area contributed by atoms with Crippen LogP contribution >= 0.6 is 11.6 Å². The van der Waals surface area contributed by atoms with Crippen molar-refractivity contribution < 1.29 is 18.0 Å². The Hall–Kier alpha value is -2.02. The van der Waals surface area contributed by atoms with Crippen molar-refractivity contribution in [2.45, 2.75) is 19.0 Å². The van der Waals surface area contributed by atoms with Gasteiger partial charge in [-0.25, -0.2) is 4.68 Å². The Morgan fingerprint density at radius 3 is 2.30 bits per heavy atom. The Labute approximate surface area is 135 Å². The van der Waals surface area contributed by atoms with Gasteiger partial charge in [0.15, 0.2) is 5.69 Å². The Morgan fingerprint density at radius 2 is 1.74 bits per heavy atom. The number of nitrogens with zero attached hydrogens (tertiary/aromatic N) is 3. The molecule has 1 aliphatic rings. The summed E-state index contributed by atoms with van der Waals surface area (Å²) in [4.78, 5) is 13.8. The highest BCUT2D eigenvalue weighted by Crippen LogP contribution is 2.34. The molecule has 1 aliphatic heterocycles. The standard InChI is InChI=1S/C15H13ClF3N3O/c16-10-3-5-11(6-4-10)22-13(15(17,18)19)12(9-20-22)14(23)21-7-1-2-8-21/h3-6,9H,1-2,7-8H2. The summed E-state index contributed by atoms with van der Waals surface area (Å²) < 4.78 is 41.2. The SMILES string of the molecule is O=C(c1cnn(-c2ccc(Cl)cc2)c1C(F)(F)F)N1CCCC1. The van der Waals surface area contributed by atoms with Crippen LogP contribution in [0, 0.1) is 0 Å². The van der Waals surface area contributed by atoms with Crippen molar-refractivity contribution in [3.05, 3.63) is 46.7 Å². The Balaban J connectivity index is 2.07. The summed E-state index contributed by atoms with van der Waals surface area (Å²) in [5.41, 5.74) is -1.28. The minimum absolute atomic E-state index is 0.196. The number of halogens is 4. The van der Waals surface area contributed by atoms with E-state index in [0.717, 1.165) is 23.7 Å². The van der Waals surface area contributed by atoms with Crippen LogP contribution in [0.15, 0.2) is 30.5 Å². The molecule has 1 fully saturated rings. The third-order valence-electron chi connectivity index (χ3n) is 3.73. The number of benzene rings is 1. The molecule has 1 aromatic heterocycles. The van der Waals surface area contributed by atoms with E-state index in [1.807, 2.05) is 0 Å². The second-order valence-electron chi connectivity index (χ2n) is 5.29. The molecule has 0 saturated carbocycles. The Morgan fingerprint density at radius 1 is 1.13 bits per heavy atom. The number of amides is 1. The summed E-state index contributed by atoms with van der Waals surface area (Å²) in [5, 5.41) is 4.19. The lowest BCUT2D eigenvalue weighted by atomic mass is 10.2. The second kappa shape index (κ2) is 5.88. The summed E-state index contributed by atoms with van der Waals surface area (Å²) in [6.07, 6.45) is -2.10. The van der Waals surface area contributed by atoms with Gasteiger partial charge >= 0.3 is 6.18 Å². The maximum Gasteiger partial charge on any atom is 0.434 e. The number of alkyl halides is 3. The van der Waals surface area contributed by atoms with Crippen molar-refractivity contribution >= 4 is 17.5 Å². The lowest BCUT2D eigenvalue weighted by Crippen LogP contribution is -2.29. The first kappa shape index (κ1) is 15.9. The minimum Gasteiger partial charge on any atom is -0.339 e. The molecule has 122 valence electrons. The molecule has 4 nitrogen and oxygen atoms in total. The van der Waals surface area contributed by atoms with E-state index in [1.165, 1.54) is 29.2 Å². The van der Waals surface area contributed by atoms with Gasteiger partial charge < -0.3 is 4.90 Å². The molecule has 2 aromatic rings. The van der Waals surface area contributed by atoms with Crippen molar-refractivity contribution in [2.75, 3.05) is 13.1 Å². The highest BCUT2D eigenvalue weighted by atomic mass is 35.5. The van der Waals surface area contributed by atoms with Crippen molar-refractivity contribution in [2.24, 2.45) is 0 Å². The minimum atomic E-state index is -4.69. The third-order valence-corrected chi connectivity index (χ3v) is 3.98. The lowest BCUT2D eigenvalue weighted by Gasteiger charge is -2.17. The predicted molar refractivity (Wildman–Crippen MR) is 78.7 cm³/mol. The zero-order valence-electron chi connectivity index (χ0n) is 12.0. The summed E-state index contributed by atoms with van der Waals surface area (Å²) in [6, 6.07) is 5.80. The van der Waals surface area contributed by atoms with Crippen LogP contribution in [0.3, 0.4) is 0 Å². The number of rotatable bonds is 2. The van der Waals surface area contributed by atoms with E-state index in [1.54, 1.807) is 0 Å². The number of carbonyl (C=O) groups excluding carboxylic acids is 1. The molecule has 0 aliphatic carbocycles. The van der Waals surface area contributed by atoms with E-state index in [9.17, 15) is 18.0 Å². The van der Waals surface area contributed by atoms with Gasteiger partial charge in [-0.05, 0) is 37.1 Å². The quantitative estimate of drug-likeness (QED) is 0.832. The predicted octanol–water partition coefficient (Wildman–Crippen LogP) is 3.78. The average Bonchev–Trinajstić information content (AvgIpc) is 3.16. The summed E-state index contributed by atoms with van der Waals surface area (Å²) >= 11 is 5.76. The number of likely N-dealkylation sites (tertiary alicyclic amines) is 1. The molecule has 0 bridgehead atoms. The van der Waals surface area contributed by atoms with E-state index in [2.05, 4.69) is 5.10 Å². The van der Waals surface area contributed by atoms with Gasteiger partial charge in [0.1, 0.15) is 0 Å². The zero-order chi connectivity index (χ0) is 16.6. The van der Waals surface area contributed by atoms with Gasteiger partial charge in [0, 0.05) is 18.1 Å². The molecule has 0 radical (unpaired) electrons. The highest BCUT2D eigenvalue weighted by molar-refractivity contribution is 6.30. The van der Waals surface area contributed by atoms with Gasteiger partial charge in [-0.15, -0.1) is 0 Å². The zero-order valence-corrected chi connectivity index (χ0v) is 12.7. The molecule has 0 N–H and O–H groups in total. The van der Waals surface area contributed by atoms with Gasteiger partial charge in [-0.1, -0.05) is 11.6 Å². The van der Waals surface area contributed by atoms with Crippen LogP contribution in [0.5, 0.6) is 0 Å². The van der Waals surface area contributed by atoms with Crippen LogP contribution in [-0.4, -0.2) is 33.7 Å². The first-order chi connectivity index (χ1) is 10.9. The first-order valence-electron chi connectivity index (χ1n) is 7.08. The van der Waals surface area contributed by atoms with Crippen LogP contribution in [0.2, 0.25) is 5.02 Å². The first-order valence-corrected chi connectivity index (χ1v) is 7.46. The fourth-order valence-electron chi connectivity index (χ4n) is 2.65. The van der Waals surface area contributed by atoms with E-state index in [4.69, 9.17) is 11.6 Å². The molecular formula is C15H13ClF3N3O. The second-order valence-corrected chi connectivity index (χ2v) is 5.73. The fourth-order valence-corrected chi connectivity index (χ4v) is 2.77.